The standard InChI is InChI=1S/C59H62BIN2OS/c1-33-28-46-49-47(29-33)63(45-25-20-36(30-34(45)2)56(6,7)8)51-44(24-23-39-38-16-15-17-41(57(9,10)11)52(38)64-53(39)51)60(49)54-50(62(46)37-21-18-35(19-22-37)55(3,4)5)40-31-42-43(32-48(40)65-54)59(14,61)27-26-58(42,12)13/h15-25,28-32H,26-27H2,1-14H3. The van der Waals surface area contributed by atoms with Crippen LogP contribution in [0.25, 0.3) is 32.0 Å². The number of para-hydroxylation sites is 1. The van der Waals surface area contributed by atoms with Crippen molar-refractivity contribution >= 4 is 122 Å². The van der Waals surface area contributed by atoms with E-state index in [4.69, 9.17) is 4.42 Å². The van der Waals surface area contributed by atoms with Gasteiger partial charge in [0.05, 0.1) is 11.4 Å². The Bertz CT molecular complexity index is 3310. The molecule has 0 fully saturated rings. The Hall–Kier alpha value is -4.53. The van der Waals surface area contributed by atoms with Crippen molar-refractivity contribution in [3.05, 3.63) is 136 Å². The third-order valence-corrected chi connectivity index (χ3v) is 17.5. The maximum atomic E-state index is 7.40. The van der Waals surface area contributed by atoms with Crippen LogP contribution in [0.1, 0.15) is 135 Å². The van der Waals surface area contributed by atoms with Crippen LogP contribution in [0.5, 0.6) is 0 Å². The molecule has 1 atom stereocenters. The van der Waals surface area contributed by atoms with Crippen molar-refractivity contribution in [3.63, 3.8) is 0 Å². The zero-order valence-electron chi connectivity index (χ0n) is 40.8. The largest absolute Gasteiger partial charge is 0.454 e. The number of fused-ring (bicyclic) bond motifs is 11. The van der Waals surface area contributed by atoms with Gasteiger partial charge >= 0.3 is 0 Å². The molecular weight excluding hydrogens is 922 g/mol. The summed E-state index contributed by atoms with van der Waals surface area (Å²) >= 11 is 4.76. The number of nitrogens with zero attached hydrogens (tertiary/aromatic N) is 2. The molecule has 0 radical (unpaired) electrons. The number of benzene rings is 6. The number of anilines is 6. The predicted octanol–water partition coefficient (Wildman–Crippen LogP) is 16.1. The van der Waals surface area contributed by atoms with Gasteiger partial charge in [0.15, 0.2) is 5.58 Å². The lowest BCUT2D eigenvalue weighted by Gasteiger charge is -2.44. The quantitative estimate of drug-likeness (QED) is 0.0978. The number of halogens is 1. The van der Waals surface area contributed by atoms with E-state index >= 15 is 0 Å². The maximum Gasteiger partial charge on any atom is 0.264 e. The Balaban J connectivity index is 1.29. The average molecular weight is 985 g/mol. The molecule has 3 aliphatic rings. The summed E-state index contributed by atoms with van der Waals surface area (Å²) in [6.07, 6.45) is 2.35. The van der Waals surface area contributed by atoms with Crippen molar-refractivity contribution in [2.75, 3.05) is 9.80 Å². The van der Waals surface area contributed by atoms with Crippen LogP contribution in [-0.4, -0.2) is 6.71 Å². The lowest BCUT2D eigenvalue weighted by molar-refractivity contribution is 0.395. The van der Waals surface area contributed by atoms with Gasteiger partial charge in [0.25, 0.3) is 6.71 Å². The Morgan fingerprint density at radius 3 is 1.94 bits per heavy atom. The minimum Gasteiger partial charge on any atom is -0.454 e. The molecule has 8 aromatic rings. The summed E-state index contributed by atoms with van der Waals surface area (Å²) in [6, 6.07) is 38.3. The van der Waals surface area contributed by atoms with Crippen LogP contribution in [0, 0.1) is 13.8 Å². The fourth-order valence-corrected chi connectivity index (χ4v) is 13.5. The summed E-state index contributed by atoms with van der Waals surface area (Å²) in [5.41, 5.74) is 21.4. The van der Waals surface area contributed by atoms with Gasteiger partial charge in [-0.3, -0.25) is 0 Å². The van der Waals surface area contributed by atoms with Crippen molar-refractivity contribution in [1.82, 2.24) is 0 Å². The first-order chi connectivity index (χ1) is 30.4. The molecule has 0 amide bonds. The summed E-state index contributed by atoms with van der Waals surface area (Å²) in [4.78, 5) is 5.23. The molecule has 3 nitrogen and oxygen atoms in total. The van der Waals surface area contributed by atoms with Gasteiger partial charge in [-0.2, -0.15) is 0 Å². The van der Waals surface area contributed by atoms with Crippen LogP contribution in [0.3, 0.4) is 0 Å². The summed E-state index contributed by atoms with van der Waals surface area (Å²) in [5.74, 6) is 0. The van der Waals surface area contributed by atoms with E-state index in [-0.39, 0.29) is 31.8 Å². The second-order valence-electron chi connectivity index (χ2n) is 23.6. The lowest BCUT2D eigenvalue weighted by Crippen LogP contribution is -2.60. The first kappa shape index (κ1) is 43.1. The van der Waals surface area contributed by atoms with Gasteiger partial charge in [-0.25, -0.2) is 0 Å². The number of furan rings is 1. The van der Waals surface area contributed by atoms with E-state index < -0.39 is 0 Å². The highest BCUT2D eigenvalue weighted by Gasteiger charge is 2.48. The van der Waals surface area contributed by atoms with Crippen LogP contribution < -0.4 is 25.5 Å². The molecule has 65 heavy (non-hydrogen) atoms. The van der Waals surface area contributed by atoms with E-state index in [9.17, 15) is 0 Å². The number of rotatable bonds is 2. The van der Waals surface area contributed by atoms with Gasteiger partial charge in [-0.15, -0.1) is 11.3 Å². The SMILES string of the molecule is Cc1cc2c3c(c1)N(c1ccc(C(C)(C)C)cc1C)c1c(ccc4c1oc1c(C(C)(C)C)cccc14)B3c1sc3cc4c(cc3c1N2c1ccc(C(C)(C)C)cc1)C(C)(C)CCC4(C)I. The molecule has 6 aromatic carbocycles. The molecule has 0 saturated heterocycles. The molecule has 0 N–H and O–H groups in total. The van der Waals surface area contributed by atoms with Crippen LogP contribution in [-0.2, 0) is 25.1 Å². The Kier molecular flexibility index (Phi) is 9.28. The third-order valence-electron chi connectivity index (χ3n) is 15.2. The van der Waals surface area contributed by atoms with Crippen LogP contribution in [0.4, 0.5) is 34.1 Å². The Morgan fingerprint density at radius 1 is 0.615 bits per heavy atom. The third kappa shape index (κ3) is 6.45. The molecular formula is C59H62BIN2OS. The van der Waals surface area contributed by atoms with Gasteiger partial charge in [-0.05, 0) is 142 Å². The molecule has 11 rings (SSSR count). The average Bonchev–Trinajstić information content (AvgIpc) is 3.80. The Labute approximate surface area is 404 Å². The second kappa shape index (κ2) is 14.0. The van der Waals surface area contributed by atoms with Crippen LogP contribution in [0.2, 0.25) is 0 Å². The summed E-state index contributed by atoms with van der Waals surface area (Å²) < 4.78 is 10.3. The zero-order valence-corrected chi connectivity index (χ0v) is 43.8. The summed E-state index contributed by atoms with van der Waals surface area (Å²) in [5, 5.41) is 3.70. The number of alkyl halides is 1. The van der Waals surface area contributed by atoms with Crippen molar-refractivity contribution in [3.8, 4) is 0 Å². The number of hydrogen-bond acceptors (Lipinski definition) is 4. The molecule has 4 heterocycles. The highest BCUT2D eigenvalue weighted by Crippen LogP contribution is 2.55. The topological polar surface area (TPSA) is 19.6 Å². The normalized spacial score (nSPS) is 18.0. The van der Waals surface area contributed by atoms with Crippen molar-refractivity contribution < 1.29 is 4.42 Å². The summed E-state index contributed by atoms with van der Waals surface area (Å²) in [7, 11) is 0. The molecule has 0 spiro atoms. The lowest BCUT2D eigenvalue weighted by atomic mass is 9.36. The van der Waals surface area contributed by atoms with Crippen molar-refractivity contribution in [2.24, 2.45) is 0 Å². The van der Waals surface area contributed by atoms with Gasteiger partial charge in [0, 0.05) is 57.4 Å². The van der Waals surface area contributed by atoms with E-state index in [1.807, 2.05) is 11.3 Å². The minimum absolute atomic E-state index is 0.00535. The maximum absolute atomic E-state index is 7.40. The Morgan fingerprint density at radius 2 is 1.28 bits per heavy atom. The van der Waals surface area contributed by atoms with E-state index in [0.29, 0.717) is 0 Å². The molecule has 1 unspecified atom stereocenters. The molecule has 0 saturated carbocycles. The number of hydrogen-bond donors (Lipinski definition) is 0. The number of thiophene rings is 1. The highest BCUT2D eigenvalue weighted by atomic mass is 127. The predicted molar refractivity (Wildman–Crippen MR) is 292 cm³/mol. The first-order valence-corrected chi connectivity index (χ1v) is 25.6. The molecule has 2 aromatic heterocycles. The summed E-state index contributed by atoms with van der Waals surface area (Å²) in [6.45, 7) is 32.7. The van der Waals surface area contributed by atoms with E-state index in [0.717, 1.165) is 16.9 Å². The molecule has 1 aliphatic carbocycles. The fraction of sp³-hybridized carbons (Fsp3) is 0.356. The van der Waals surface area contributed by atoms with Gasteiger partial charge in [0.2, 0.25) is 0 Å². The van der Waals surface area contributed by atoms with Crippen LogP contribution >= 0.6 is 33.9 Å². The fourth-order valence-electron chi connectivity index (χ4n) is 11.4. The molecule has 2 aliphatic heterocycles. The van der Waals surface area contributed by atoms with E-state index in [2.05, 4.69) is 226 Å². The highest BCUT2D eigenvalue weighted by molar-refractivity contribution is 14.1. The second-order valence-corrected chi connectivity index (χ2v) is 27.0. The van der Waals surface area contributed by atoms with E-state index in [1.54, 1.807) is 0 Å². The minimum atomic E-state index is -0.0865. The van der Waals surface area contributed by atoms with Gasteiger partial charge in [-0.1, -0.05) is 153 Å². The van der Waals surface area contributed by atoms with Crippen LogP contribution in [0.15, 0.2) is 101 Å². The monoisotopic (exact) mass is 984 g/mol. The van der Waals surface area contributed by atoms with Gasteiger partial charge < -0.3 is 14.2 Å². The smallest absolute Gasteiger partial charge is 0.264 e. The number of aryl methyl sites for hydroxylation is 2. The first-order valence-electron chi connectivity index (χ1n) is 23.7. The molecule has 330 valence electrons. The van der Waals surface area contributed by atoms with Gasteiger partial charge in [0.1, 0.15) is 5.58 Å². The molecule has 6 heteroatoms. The molecule has 0 bridgehead atoms. The zero-order chi connectivity index (χ0) is 46.1. The van der Waals surface area contributed by atoms with E-state index in [1.165, 1.54) is 117 Å². The van der Waals surface area contributed by atoms with Crippen molar-refractivity contribution in [1.29, 1.82) is 0 Å². The van der Waals surface area contributed by atoms with Crippen molar-refractivity contribution in [2.45, 2.75) is 135 Å².